The summed E-state index contributed by atoms with van der Waals surface area (Å²) < 4.78 is 20.7. The summed E-state index contributed by atoms with van der Waals surface area (Å²) in [4.78, 5) is 4.32. The van der Waals surface area contributed by atoms with Crippen LogP contribution in [0.3, 0.4) is 0 Å². The highest BCUT2D eigenvalue weighted by molar-refractivity contribution is 5.32. The number of methoxy groups -OCH3 is 1. The lowest BCUT2D eigenvalue weighted by atomic mass is 10.1. The molecule has 1 aromatic carbocycles. The Morgan fingerprint density at radius 1 is 1.43 bits per heavy atom. The number of aromatic nitrogens is 2. The molecule has 21 heavy (non-hydrogen) atoms. The zero-order valence-corrected chi connectivity index (χ0v) is 12.8. The molecule has 4 nitrogen and oxygen atoms in total. The number of nitrogens with one attached hydrogen (secondary N) is 1. The third-order valence-corrected chi connectivity index (χ3v) is 3.57. The maximum absolute atomic E-state index is 13.7. The molecule has 0 saturated heterocycles. The second-order valence-corrected chi connectivity index (χ2v) is 5.12. The third-order valence-electron chi connectivity index (χ3n) is 3.57. The van der Waals surface area contributed by atoms with Gasteiger partial charge in [-0.2, -0.15) is 0 Å². The highest BCUT2D eigenvalue weighted by Gasteiger charge is 2.13. The van der Waals surface area contributed by atoms with Crippen molar-refractivity contribution in [1.29, 1.82) is 0 Å². The van der Waals surface area contributed by atoms with Crippen LogP contribution < -0.4 is 5.32 Å². The van der Waals surface area contributed by atoms with E-state index in [1.807, 2.05) is 29.8 Å². The fourth-order valence-corrected chi connectivity index (χ4v) is 2.21. The standard InChI is InChI=1S/C16H22FN3O/c1-12-5-6-14(11-15(12)17)13(2)20-9-8-19-16(20)18-7-4-10-21-3/h5-6,8-9,11,13H,4,7,10H2,1-3H3,(H,18,19). The molecule has 1 N–H and O–H groups in total. The number of hydrogen-bond donors (Lipinski definition) is 1. The largest absolute Gasteiger partial charge is 0.385 e. The van der Waals surface area contributed by atoms with Gasteiger partial charge in [0.2, 0.25) is 5.95 Å². The molecule has 0 radical (unpaired) electrons. The van der Waals surface area contributed by atoms with Crippen molar-refractivity contribution in [3.8, 4) is 0 Å². The molecule has 5 heteroatoms. The predicted octanol–water partition coefficient (Wildman–Crippen LogP) is 3.39. The minimum atomic E-state index is -0.172. The topological polar surface area (TPSA) is 39.1 Å². The first-order valence-corrected chi connectivity index (χ1v) is 7.15. The monoisotopic (exact) mass is 291 g/mol. The highest BCUT2D eigenvalue weighted by Crippen LogP contribution is 2.23. The maximum atomic E-state index is 13.7. The van der Waals surface area contributed by atoms with Gasteiger partial charge >= 0.3 is 0 Å². The van der Waals surface area contributed by atoms with Crippen molar-refractivity contribution >= 4 is 5.95 Å². The lowest BCUT2D eigenvalue weighted by molar-refractivity contribution is 0.197. The smallest absolute Gasteiger partial charge is 0.203 e. The number of hydrogen-bond acceptors (Lipinski definition) is 3. The molecule has 1 unspecified atom stereocenters. The first kappa shape index (κ1) is 15.5. The zero-order valence-electron chi connectivity index (χ0n) is 12.8. The fraction of sp³-hybridized carbons (Fsp3) is 0.438. The van der Waals surface area contributed by atoms with Crippen LogP contribution in [0.2, 0.25) is 0 Å². The van der Waals surface area contributed by atoms with Gasteiger partial charge in [-0.1, -0.05) is 12.1 Å². The molecule has 1 atom stereocenters. The van der Waals surface area contributed by atoms with Crippen LogP contribution in [-0.2, 0) is 4.74 Å². The Morgan fingerprint density at radius 2 is 2.24 bits per heavy atom. The van der Waals surface area contributed by atoms with Crippen LogP contribution in [-0.4, -0.2) is 29.8 Å². The molecule has 0 saturated carbocycles. The van der Waals surface area contributed by atoms with E-state index in [0.29, 0.717) is 12.2 Å². The molecule has 0 amide bonds. The van der Waals surface area contributed by atoms with Gasteiger partial charge in [0.1, 0.15) is 5.82 Å². The summed E-state index contributed by atoms with van der Waals surface area (Å²) in [5, 5.41) is 3.28. The quantitative estimate of drug-likeness (QED) is 0.795. The summed E-state index contributed by atoms with van der Waals surface area (Å²) in [6.07, 6.45) is 4.57. The first-order chi connectivity index (χ1) is 10.1. The minimum absolute atomic E-state index is 0.0209. The van der Waals surface area contributed by atoms with Crippen molar-refractivity contribution < 1.29 is 9.13 Å². The number of rotatable bonds is 7. The Kier molecular flexibility index (Phi) is 5.33. The average molecular weight is 291 g/mol. The van der Waals surface area contributed by atoms with Crippen molar-refractivity contribution in [1.82, 2.24) is 9.55 Å². The molecule has 2 aromatic rings. The van der Waals surface area contributed by atoms with Gasteiger partial charge in [-0.15, -0.1) is 0 Å². The van der Waals surface area contributed by atoms with E-state index in [4.69, 9.17) is 4.74 Å². The molecule has 0 bridgehead atoms. The summed E-state index contributed by atoms with van der Waals surface area (Å²) >= 11 is 0. The molecular weight excluding hydrogens is 269 g/mol. The van der Waals surface area contributed by atoms with E-state index in [9.17, 15) is 4.39 Å². The van der Waals surface area contributed by atoms with Gasteiger partial charge in [-0.05, 0) is 37.5 Å². The predicted molar refractivity (Wildman–Crippen MR) is 82.2 cm³/mol. The summed E-state index contributed by atoms with van der Waals surface area (Å²) in [6.45, 7) is 5.31. The van der Waals surface area contributed by atoms with Crippen LogP contribution in [0, 0.1) is 12.7 Å². The molecule has 0 aliphatic heterocycles. The number of benzene rings is 1. The van der Waals surface area contributed by atoms with Crippen molar-refractivity contribution in [3.63, 3.8) is 0 Å². The molecule has 0 aliphatic carbocycles. The molecule has 0 fully saturated rings. The number of imidazole rings is 1. The SMILES string of the molecule is COCCCNc1nccn1C(C)c1ccc(C)c(F)c1. The van der Waals surface area contributed by atoms with Crippen LogP contribution in [0.5, 0.6) is 0 Å². The van der Waals surface area contributed by atoms with Crippen LogP contribution >= 0.6 is 0 Å². The van der Waals surface area contributed by atoms with E-state index in [2.05, 4.69) is 10.3 Å². The molecule has 0 aliphatic rings. The van der Waals surface area contributed by atoms with Crippen LogP contribution in [0.15, 0.2) is 30.6 Å². The lowest BCUT2D eigenvalue weighted by Gasteiger charge is -2.18. The zero-order chi connectivity index (χ0) is 15.2. The Morgan fingerprint density at radius 3 is 2.95 bits per heavy atom. The average Bonchev–Trinajstić information content (AvgIpc) is 2.94. The molecule has 0 spiro atoms. The fourth-order valence-electron chi connectivity index (χ4n) is 2.21. The number of nitrogens with zero attached hydrogens (tertiary/aromatic N) is 2. The third kappa shape index (κ3) is 3.82. The van der Waals surface area contributed by atoms with Crippen molar-refractivity contribution in [2.75, 3.05) is 25.6 Å². The molecule has 114 valence electrons. The van der Waals surface area contributed by atoms with E-state index in [1.165, 1.54) is 0 Å². The van der Waals surface area contributed by atoms with E-state index < -0.39 is 0 Å². The Bertz CT molecular complexity index is 583. The highest BCUT2D eigenvalue weighted by atomic mass is 19.1. The van der Waals surface area contributed by atoms with E-state index in [-0.39, 0.29) is 11.9 Å². The van der Waals surface area contributed by atoms with Gasteiger partial charge in [-0.3, -0.25) is 0 Å². The van der Waals surface area contributed by atoms with Gasteiger partial charge in [0.15, 0.2) is 0 Å². The summed E-state index contributed by atoms with van der Waals surface area (Å²) in [5.41, 5.74) is 1.59. The summed E-state index contributed by atoms with van der Waals surface area (Å²) in [5.74, 6) is 0.619. The molecular formula is C16H22FN3O. The van der Waals surface area contributed by atoms with Crippen molar-refractivity contribution in [3.05, 3.63) is 47.5 Å². The van der Waals surface area contributed by atoms with E-state index >= 15 is 0 Å². The molecule has 1 heterocycles. The maximum Gasteiger partial charge on any atom is 0.203 e. The van der Waals surface area contributed by atoms with Crippen LogP contribution in [0.4, 0.5) is 10.3 Å². The Labute approximate surface area is 125 Å². The van der Waals surface area contributed by atoms with Gasteiger partial charge in [0.05, 0.1) is 6.04 Å². The first-order valence-electron chi connectivity index (χ1n) is 7.15. The normalized spacial score (nSPS) is 12.4. The number of aryl methyl sites for hydroxylation is 1. The Hall–Kier alpha value is -1.88. The summed E-state index contributed by atoms with van der Waals surface area (Å²) in [6, 6.07) is 5.38. The lowest BCUT2D eigenvalue weighted by Crippen LogP contribution is -2.13. The van der Waals surface area contributed by atoms with Crippen LogP contribution in [0.1, 0.15) is 30.5 Å². The minimum Gasteiger partial charge on any atom is -0.385 e. The summed E-state index contributed by atoms with van der Waals surface area (Å²) in [7, 11) is 1.69. The Balaban J connectivity index is 2.10. The van der Waals surface area contributed by atoms with E-state index in [0.717, 1.165) is 24.5 Å². The van der Waals surface area contributed by atoms with Gasteiger partial charge in [0.25, 0.3) is 0 Å². The number of ether oxygens (including phenoxy) is 1. The number of anilines is 1. The molecule has 2 rings (SSSR count). The van der Waals surface area contributed by atoms with Gasteiger partial charge in [-0.25, -0.2) is 9.37 Å². The van der Waals surface area contributed by atoms with Crippen molar-refractivity contribution in [2.24, 2.45) is 0 Å². The van der Waals surface area contributed by atoms with E-state index in [1.54, 1.807) is 26.3 Å². The molecule has 1 aromatic heterocycles. The van der Waals surface area contributed by atoms with Gasteiger partial charge in [0, 0.05) is 32.7 Å². The van der Waals surface area contributed by atoms with Crippen LogP contribution in [0.25, 0.3) is 0 Å². The second-order valence-electron chi connectivity index (χ2n) is 5.12. The second kappa shape index (κ2) is 7.22. The number of halogens is 1. The van der Waals surface area contributed by atoms with Gasteiger partial charge < -0.3 is 14.6 Å². The van der Waals surface area contributed by atoms with Crippen molar-refractivity contribution in [2.45, 2.75) is 26.3 Å².